The molecule has 0 atom stereocenters. The quantitative estimate of drug-likeness (QED) is 0.310. The smallest absolute Gasteiger partial charge is 0.490 e. The van der Waals surface area contributed by atoms with Crippen LogP contribution < -0.4 is 14.8 Å². The molecule has 2 N–H and O–H groups in total. The van der Waals surface area contributed by atoms with E-state index in [1.807, 2.05) is 12.1 Å². The van der Waals surface area contributed by atoms with Gasteiger partial charge in [-0.2, -0.15) is 26.3 Å². The van der Waals surface area contributed by atoms with Gasteiger partial charge in [0, 0.05) is 35.9 Å². The van der Waals surface area contributed by atoms with Crippen LogP contribution in [-0.2, 0) is 17.6 Å². The van der Waals surface area contributed by atoms with Gasteiger partial charge in [0.05, 0.1) is 25.7 Å². The van der Waals surface area contributed by atoms with Gasteiger partial charge in [-0.05, 0) is 63.2 Å². The van der Waals surface area contributed by atoms with Gasteiger partial charge in [0.15, 0.2) is 11.5 Å². The van der Waals surface area contributed by atoms with Crippen molar-refractivity contribution in [1.29, 1.82) is 0 Å². The van der Waals surface area contributed by atoms with Crippen molar-refractivity contribution in [2.45, 2.75) is 57.3 Å². The van der Waals surface area contributed by atoms with Crippen molar-refractivity contribution in [3.8, 4) is 11.5 Å². The third kappa shape index (κ3) is 8.27. The third-order valence-electron chi connectivity index (χ3n) is 6.32. The number of aryl methyl sites for hydroxylation is 1. The van der Waals surface area contributed by atoms with Gasteiger partial charge in [-0.1, -0.05) is 0 Å². The van der Waals surface area contributed by atoms with Crippen LogP contribution in [0.1, 0.15) is 43.4 Å². The van der Waals surface area contributed by atoms with Crippen molar-refractivity contribution in [1.82, 2.24) is 9.88 Å². The molecule has 2 heterocycles. The van der Waals surface area contributed by atoms with E-state index in [0.29, 0.717) is 18.1 Å². The molecule has 1 aliphatic carbocycles. The zero-order valence-electron chi connectivity index (χ0n) is 21.0. The van der Waals surface area contributed by atoms with Crippen LogP contribution in [0.15, 0.2) is 12.1 Å². The minimum Gasteiger partial charge on any atom is -0.493 e. The van der Waals surface area contributed by atoms with E-state index < -0.39 is 24.7 Å². The fourth-order valence-corrected chi connectivity index (χ4v) is 4.55. The third-order valence-corrected chi connectivity index (χ3v) is 6.32. The number of rotatable bonds is 9. The molecule has 38 heavy (non-hydrogen) atoms. The Kier molecular flexibility index (Phi) is 9.91. The average Bonchev–Trinajstić information content (AvgIpc) is 3.52. The van der Waals surface area contributed by atoms with Gasteiger partial charge in [0.1, 0.15) is 0 Å². The molecule has 0 unspecified atom stereocenters. The zero-order valence-corrected chi connectivity index (χ0v) is 21.0. The van der Waals surface area contributed by atoms with E-state index in [9.17, 15) is 26.3 Å². The van der Waals surface area contributed by atoms with Crippen molar-refractivity contribution in [2.24, 2.45) is 0 Å². The Morgan fingerprint density at radius 2 is 1.76 bits per heavy atom. The average molecular weight is 552 g/mol. The van der Waals surface area contributed by atoms with Gasteiger partial charge < -0.3 is 24.8 Å². The predicted molar refractivity (Wildman–Crippen MR) is 129 cm³/mol. The van der Waals surface area contributed by atoms with Crippen LogP contribution in [0.2, 0.25) is 0 Å². The van der Waals surface area contributed by atoms with Gasteiger partial charge in [0.2, 0.25) is 0 Å². The molecule has 13 heteroatoms. The van der Waals surface area contributed by atoms with E-state index >= 15 is 0 Å². The van der Waals surface area contributed by atoms with Gasteiger partial charge in [-0.25, -0.2) is 4.79 Å². The van der Waals surface area contributed by atoms with Crippen molar-refractivity contribution in [2.75, 3.05) is 45.2 Å². The number of ether oxygens (including phenoxy) is 2. The molecular formula is C25H31F6N3O4. The number of methoxy groups -OCH3 is 1. The van der Waals surface area contributed by atoms with Crippen molar-refractivity contribution < 1.29 is 45.7 Å². The van der Waals surface area contributed by atoms with Crippen LogP contribution in [0.3, 0.4) is 0 Å². The highest BCUT2D eigenvalue weighted by Crippen LogP contribution is 2.40. The molecule has 2 aliphatic rings. The minimum absolute atomic E-state index is 0.161. The molecule has 0 amide bonds. The number of aromatic nitrogens is 1. The fraction of sp³-hybridized carbons (Fsp3) is 0.600. The maximum absolute atomic E-state index is 12.7. The molecule has 1 fully saturated rings. The summed E-state index contributed by atoms with van der Waals surface area (Å²) in [6.45, 7) is 3.78. The summed E-state index contributed by atoms with van der Waals surface area (Å²) in [5.41, 5.74) is 3.47. The fourth-order valence-electron chi connectivity index (χ4n) is 4.55. The first-order valence-corrected chi connectivity index (χ1v) is 12.4. The number of carbonyl (C=O) groups is 1. The number of nitrogens with one attached hydrogen (secondary N) is 1. The zero-order chi connectivity index (χ0) is 27.9. The number of aliphatic carboxylic acids is 1. The summed E-state index contributed by atoms with van der Waals surface area (Å²) in [7, 11) is 1.58. The molecule has 7 nitrogen and oxygen atoms in total. The molecule has 212 valence electrons. The van der Waals surface area contributed by atoms with Crippen LogP contribution in [0.5, 0.6) is 11.5 Å². The summed E-state index contributed by atoms with van der Waals surface area (Å²) >= 11 is 0. The summed E-state index contributed by atoms with van der Waals surface area (Å²) in [5, 5.41) is 10.9. The molecule has 0 spiro atoms. The molecule has 2 aromatic rings. The monoisotopic (exact) mass is 551 g/mol. The number of alkyl halides is 6. The molecular weight excluding hydrogens is 520 g/mol. The summed E-state index contributed by atoms with van der Waals surface area (Å²) in [4.78, 5) is 16.1. The lowest BCUT2D eigenvalue weighted by Gasteiger charge is -2.18. The Morgan fingerprint density at radius 1 is 1.08 bits per heavy atom. The predicted octanol–water partition coefficient (Wildman–Crippen LogP) is 5.59. The SMILES string of the molecule is COc1cc2c(NCCC(F)(F)F)c3c(nc2cc1OCCCN1CCCC1)CCC3.O=C(O)C(F)(F)F. The standard InChI is InChI=1S/C23H30F3N3O2.C2HF3O2/c1-30-20-14-17-19(15-21(20)31-13-5-12-29-10-2-3-11-29)28-18-7-4-6-16(18)22(17)27-9-8-23(24,25)26;3-2(4,5)1(6)7/h14-15H,2-13H2,1H3,(H,27,28);(H,6,7). The molecule has 1 aromatic heterocycles. The number of carboxylic acids is 1. The van der Waals surface area contributed by atoms with E-state index in [0.717, 1.165) is 60.1 Å². The van der Waals surface area contributed by atoms with Gasteiger partial charge in [-0.3, -0.25) is 4.98 Å². The Balaban J connectivity index is 0.000000505. The molecule has 4 rings (SSSR count). The first-order valence-electron chi connectivity index (χ1n) is 12.4. The number of fused-ring (bicyclic) bond motifs is 2. The lowest BCUT2D eigenvalue weighted by atomic mass is 10.1. The summed E-state index contributed by atoms with van der Waals surface area (Å²) < 4.78 is 81.3. The normalized spacial score (nSPS) is 15.7. The Hall–Kier alpha value is -2.96. The summed E-state index contributed by atoms with van der Waals surface area (Å²) in [6.07, 6.45) is -4.04. The van der Waals surface area contributed by atoms with Gasteiger partial charge in [-0.15, -0.1) is 0 Å². The van der Waals surface area contributed by atoms with E-state index in [2.05, 4.69) is 10.2 Å². The number of halogens is 6. The number of likely N-dealkylation sites (tertiary alicyclic amines) is 1. The van der Waals surface area contributed by atoms with E-state index in [-0.39, 0.29) is 6.54 Å². The van der Waals surface area contributed by atoms with Crippen LogP contribution in [0.4, 0.5) is 32.0 Å². The maximum Gasteiger partial charge on any atom is 0.490 e. The Labute approximate surface area is 216 Å². The highest BCUT2D eigenvalue weighted by molar-refractivity contribution is 5.96. The van der Waals surface area contributed by atoms with Crippen molar-refractivity contribution >= 4 is 22.6 Å². The lowest BCUT2D eigenvalue weighted by Crippen LogP contribution is -2.21. The number of pyridine rings is 1. The number of benzene rings is 1. The van der Waals surface area contributed by atoms with Crippen LogP contribution in [-0.4, -0.2) is 73.2 Å². The second-order valence-corrected chi connectivity index (χ2v) is 9.13. The number of carboxylic acid groups (broad SMARTS) is 1. The highest BCUT2D eigenvalue weighted by atomic mass is 19.4. The molecule has 1 aromatic carbocycles. The lowest BCUT2D eigenvalue weighted by molar-refractivity contribution is -0.192. The molecule has 0 saturated carbocycles. The van der Waals surface area contributed by atoms with Crippen LogP contribution >= 0.6 is 0 Å². The number of nitrogens with zero attached hydrogens (tertiary/aromatic N) is 2. The van der Waals surface area contributed by atoms with E-state index in [1.165, 1.54) is 25.9 Å². The van der Waals surface area contributed by atoms with Gasteiger partial charge in [0.25, 0.3) is 0 Å². The molecule has 0 radical (unpaired) electrons. The summed E-state index contributed by atoms with van der Waals surface area (Å²) in [6, 6.07) is 3.70. The topological polar surface area (TPSA) is 83.9 Å². The summed E-state index contributed by atoms with van der Waals surface area (Å²) in [5.74, 6) is -1.55. The molecule has 0 bridgehead atoms. The largest absolute Gasteiger partial charge is 0.493 e. The highest BCUT2D eigenvalue weighted by Gasteiger charge is 2.38. The van der Waals surface area contributed by atoms with Gasteiger partial charge >= 0.3 is 18.3 Å². The number of hydrogen-bond donors (Lipinski definition) is 2. The second kappa shape index (κ2) is 12.7. The van der Waals surface area contributed by atoms with Crippen molar-refractivity contribution in [3.05, 3.63) is 23.4 Å². The maximum atomic E-state index is 12.7. The van der Waals surface area contributed by atoms with E-state index in [4.69, 9.17) is 24.4 Å². The second-order valence-electron chi connectivity index (χ2n) is 9.13. The van der Waals surface area contributed by atoms with Crippen LogP contribution in [0, 0.1) is 0 Å². The van der Waals surface area contributed by atoms with Crippen LogP contribution in [0.25, 0.3) is 10.9 Å². The first kappa shape index (κ1) is 29.6. The van der Waals surface area contributed by atoms with E-state index in [1.54, 1.807) is 7.11 Å². The number of anilines is 1. The first-order chi connectivity index (χ1) is 17.9. The Morgan fingerprint density at radius 3 is 2.37 bits per heavy atom. The minimum atomic E-state index is -5.08. The molecule has 1 saturated heterocycles. The Bertz CT molecular complexity index is 1100. The molecule has 1 aliphatic heterocycles. The number of hydrogen-bond acceptors (Lipinski definition) is 6. The van der Waals surface area contributed by atoms with Crippen molar-refractivity contribution in [3.63, 3.8) is 0 Å².